The molecule has 4 amide bonds. The van der Waals surface area contributed by atoms with Gasteiger partial charge in [0.1, 0.15) is 11.6 Å². The van der Waals surface area contributed by atoms with Crippen LogP contribution in [0.2, 0.25) is 0 Å². The van der Waals surface area contributed by atoms with E-state index in [1.807, 2.05) is 14.1 Å². The van der Waals surface area contributed by atoms with E-state index < -0.39 is 17.6 Å². The van der Waals surface area contributed by atoms with Crippen molar-refractivity contribution in [1.82, 2.24) is 20.0 Å². The molecule has 0 aromatic heterocycles. The van der Waals surface area contributed by atoms with E-state index in [-0.39, 0.29) is 11.8 Å². The van der Waals surface area contributed by atoms with Crippen LogP contribution in [-0.2, 0) is 9.59 Å². The molecule has 134 valence electrons. The minimum Gasteiger partial charge on any atom is -0.339 e. The van der Waals surface area contributed by atoms with Crippen LogP contribution in [0.4, 0.5) is 4.79 Å². The van der Waals surface area contributed by atoms with Crippen molar-refractivity contribution in [1.29, 1.82) is 0 Å². The zero-order valence-electron chi connectivity index (χ0n) is 15.0. The van der Waals surface area contributed by atoms with Crippen molar-refractivity contribution in [3.63, 3.8) is 0 Å². The molecule has 3 atom stereocenters. The Bertz CT molecular complexity index is 556. The molecule has 1 aliphatic carbocycles. The van der Waals surface area contributed by atoms with Crippen LogP contribution in [0.3, 0.4) is 0 Å². The van der Waals surface area contributed by atoms with Crippen LogP contribution in [0.15, 0.2) is 0 Å². The van der Waals surface area contributed by atoms with Gasteiger partial charge >= 0.3 is 6.03 Å². The van der Waals surface area contributed by atoms with Crippen molar-refractivity contribution in [2.45, 2.75) is 57.2 Å². The molecule has 0 aromatic rings. The summed E-state index contributed by atoms with van der Waals surface area (Å²) in [6, 6.07) is -0.852. The third kappa shape index (κ3) is 2.59. The topological polar surface area (TPSA) is 73.0 Å². The fraction of sp³-hybridized carbons (Fsp3) is 0.824. The Balaban J connectivity index is 1.72. The highest BCUT2D eigenvalue weighted by Crippen LogP contribution is 2.36. The second-order valence-electron chi connectivity index (χ2n) is 7.82. The van der Waals surface area contributed by atoms with Crippen LogP contribution in [0.1, 0.15) is 39.5 Å². The van der Waals surface area contributed by atoms with Gasteiger partial charge in [-0.15, -0.1) is 0 Å². The number of amides is 4. The lowest BCUT2D eigenvalue weighted by molar-refractivity contribution is -0.142. The van der Waals surface area contributed by atoms with Gasteiger partial charge in [-0.2, -0.15) is 0 Å². The average Bonchev–Trinajstić information content (AvgIpc) is 3.19. The molecule has 0 bridgehead atoms. The van der Waals surface area contributed by atoms with E-state index >= 15 is 0 Å². The van der Waals surface area contributed by atoms with Gasteiger partial charge in [0.2, 0.25) is 5.91 Å². The Hall–Kier alpha value is -1.63. The van der Waals surface area contributed by atoms with Crippen molar-refractivity contribution in [2.24, 2.45) is 5.92 Å². The molecule has 7 nitrogen and oxygen atoms in total. The molecule has 1 spiro atoms. The maximum atomic E-state index is 12.9. The van der Waals surface area contributed by atoms with Crippen LogP contribution in [0, 0.1) is 5.92 Å². The highest BCUT2D eigenvalue weighted by atomic mass is 16.2. The van der Waals surface area contributed by atoms with Crippen molar-refractivity contribution < 1.29 is 14.4 Å². The fourth-order valence-corrected chi connectivity index (χ4v) is 4.49. The lowest BCUT2D eigenvalue weighted by atomic mass is 9.97. The number of hydrogen-bond donors (Lipinski definition) is 1. The number of urea groups is 1. The van der Waals surface area contributed by atoms with Crippen LogP contribution in [-0.4, -0.2) is 77.4 Å². The minimum atomic E-state index is -0.754. The number of hydrogen-bond acceptors (Lipinski definition) is 4. The normalized spacial score (nSPS) is 30.5. The summed E-state index contributed by atoms with van der Waals surface area (Å²) >= 11 is 0. The highest BCUT2D eigenvalue weighted by Gasteiger charge is 2.55. The number of imide groups is 1. The predicted molar refractivity (Wildman–Crippen MR) is 89.3 cm³/mol. The first-order chi connectivity index (χ1) is 11.3. The molecule has 1 saturated carbocycles. The van der Waals surface area contributed by atoms with Crippen molar-refractivity contribution >= 4 is 17.8 Å². The molecular weight excluding hydrogens is 308 g/mol. The zero-order valence-corrected chi connectivity index (χ0v) is 15.0. The second-order valence-corrected chi connectivity index (χ2v) is 7.82. The Morgan fingerprint density at radius 1 is 1.25 bits per heavy atom. The van der Waals surface area contributed by atoms with E-state index in [1.54, 1.807) is 11.8 Å². The molecule has 2 heterocycles. The summed E-state index contributed by atoms with van der Waals surface area (Å²) in [4.78, 5) is 43.1. The number of nitrogens with one attached hydrogen (secondary N) is 1. The summed E-state index contributed by atoms with van der Waals surface area (Å²) in [6.45, 7) is 5.11. The maximum Gasteiger partial charge on any atom is 0.325 e. The molecule has 0 aromatic carbocycles. The zero-order chi connectivity index (χ0) is 17.6. The van der Waals surface area contributed by atoms with E-state index in [0.29, 0.717) is 37.9 Å². The van der Waals surface area contributed by atoms with Crippen molar-refractivity contribution in [3.05, 3.63) is 0 Å². The molecule has 7 heteroatoms. The summed E-state index contributed by atoms with van der Waals surface area (Å²) in [5.41, 5.74) is -0.754. The fourth-order valence-electron chi connectivity index (χ4n) is 4.49. The Morgan fingerprint density at radius 2 is 1.88 bits per heavy atom. The predicted octanol–water partition coefficient (Wildman–Crippen LogP) is 0.648. The molecule has 3 rings (SSSR count). The van der Waals surface area contributed by atoms with Crippen molar-refractivity contribution in [3.8, 4) is 0 Å². The van der Waals surface area contributed by atoms with E-state index in [9.17, 15) is 14.4 Å². The van der Waals surface area contributed by atoms with Gasteiger partial charge in [0.05, 0.1) is 0 Å². The smallest absolute Gasteiger partial charge is 0.325 e. The number of nitrogens with zero attached hydrogens (tertiary/aromatic N) is 3. The van der Waals surface area contributed by atoms with Crippen LogP contribution < -0.4 is 5.32 Å². The van der Waals surface area contributed by atoms with E-state index in [0.717, 1.165) is 17.7 Å². The van der Waals surface area contributed by atoms with E-state index in [1.165, 1.54) is 0 Å². The Labute approximate surface area is 143 Å². The Morgan fingerprint density at radius 3 is 2.42 bits per heavy atom. The number of carbonyl (C=O) groups is 3. The van der Waals surface area contributed by atoms with Gasteiger partial charge in [0.25, 0.3) is 5.91 Å². The largest absolute Gasteiger partial charge is 0.339 e. The van der Waals surface area contributed by atoms with Crippen LogP contribution >= 0.6 is 0 Å². The SMILES string of the molecule is C[C@@H]1CN(C(=O)[C@H](C)N2C(=O)NC3(CCCC3)C2=O)C[C@H]1N(C)C. The molecule has 1 N–H and O–H groups in total. The van der Waals surface area contributed by atoms with Gasteiger partial charge in [0, 0.05) is 19.1 Å². The average molecular weight is 336 g/mol. The van der Waals surface area contributed by atoms with Crippen LogP contribution in [0.25, 0.3) is 0 Å². The first kappa shape index (κ1) is 17.2. The molecule has 2 saturated heterocycles. The van der Waals surface area contributed by atoms with Gasteiger partial charge < -0.3 is 15.1 Å². The number of rotatable bonds is 3. The lowest BCUT2D eigenvalue weighted by Crippen LogP contribution is -2.51. The minimum absolute atomic E-state index is 0.134. The standard InChI is InChI=1S/C17H28N4O3/c1-11-9-20(10-13(11)19(3)4)14(22)12(2)21-15(23)17(18-16(21)24)7-5-6-8-17/h11-13H,5-10H2,1-4H3,(H,18,24)/t11-,12+,13-/m1/s1. The molecule has 2 aliphatic heterocycles. The van der Waals surface area contributed by atoms with Gasteiger partial charge in [0.15, 0.2) is 0 Å². The van der Waals surface area contributed by atoms with Gasteiger partial charge in [-0.1, -0.05) is 19.8 Å². The quantitative estimate of drug-likeness (QED) is 0.768. The first-order valence-electron chi connectivity index (χ1n) is 8.88. The lowest BCUT2D eigenvalue weighted by Gasteiger charge is -2.27. The van der Waals surface area contributed by atoms with Gasteiger partial charge in [-0.3, -0.25) is 9.59 Å². The Kier molecular flexibility index (Phi) is 4.32. The molecule has 0 radical (unpaired) electrons. The molecule has 0 unspecified atom stereocenters. The van der Waals surface area contributed by atoms with E-state index in [2.05, 4.69) is 17.1 Å². The number of likely N-dealkylation sites (tertiary alicyclic amines) is 1. The summed E-state index contributed by atoms with van der Waals surface area (Å²) in [6.07, 6.45) is 3.24. The third-order valence-corrected chi connectivity index (χ3v) is 5.94. The van der Waals surface area contributed by atoms with Gasteiger partial charge in [-0.05, 0) is 39.8 Å². The molecular formula is C17H28N4O3. The highest BCUT2D eigenvalue weighted by molar-refractivity contribution is 6.10. The molecule has 24 heavy (non-hydrogen) atoms. The molecule has 3 fully saturated rings. The number of carbonyl (C=O) groups excluding carboxylic acids is 3. The summed E-state index contributed by atoms with van der Waals surface area (Å²) in [5.74, 6) is 0.0208. The first-order valence-corrected chi connectivity index (χ1v) is 8.88. The van der Waals surface area contributed by atoms with Gasteiger partial charge in [-0.25, -0.2) is 9.69 Å². The third-order valence-electron chi connectivity index (χ3n) is 5.94. The van der Waals surface area contributed by atoms with Crippen LogP contribution in [0.5, 0.6) is 0 Å². The summed E-state index contributed by atoms with van der Waals surface area (Å²) in [5, 5.41) is 2.85. The number of likely N-dealkylation sites (N-methyl/N-ethyl adjacent to an activating group) is 1. The van der Waals surface area contributed by atoms with Crippen molar-refractivity contribution in [2.75, 3.05) is 27.2 Å². The summed E-state index contributed by atoms with van der Waals surface area (Å²) < 4.78 is 0. The molecule has 3 aliphatic rings. The summed E-state index contributed by atoms with van der Waals surface area (Å²) in [7, 11) is 4.03. The maximum absolute atomic E-state index is 12.9. The second kappa shape index (κ2) is 6.02. The monoisotopic (exact) mass is 336 g/mol. The van der Waals surface area contributed by atoms with E-state index in [4.69, 9.17) is 0 Å².